The van der Waals surface area contributed by atoms with Gasteiger partial charge in [0.2, 0.25) is 5.91 Å². The van der Waals surface area contributed by atoms with Crippen LogP contribution in [0.4, 0.5) is 0 Å². The Balaban J connectivity index is 2.75. The van der Waals surface area contributed by atoms with Gasteiger partial charge in [-0.1, -0.05) is 20.3 Å². The SMILES string of the molecule is CCCCN(C(=O)C(N)CC)C1CCS(=O)(=O)C1. The van der Waals surface area contributed by atoms with E-state index in [1.165, 1.54) is 0 Å². The fraction of sp³-hybridized carbons (Fsp3) is 0.917. The molecule has 2 unspecified atom stereocenters. The summed E-state index contributed by atoms with van der Waals surface area (Å²) in [5.74, 6) is 0.182. The number of carbonyl (C=O) groups is 1. The summed E-state index contributed by atoms with van der Waals surface area (Å²) in [6.45, 7) is 4.53. The lowest BCUT2D eigenvalue weighted by Crippen LogP contribution is -2.49. The third-order valence-electron chi connectivity index (χ3n) is 3.44. The van der Waals surface area contributed by atoms with Gasteiger partial charge in [-0.15, -0.1) is 0 Å². The second-order valence-electron chi connectivity index (χ2n) is 4.96. The molecule has 0 spiro atoms. The highest BCUT2D eigenvalue weighted by Gasteiger charge is 2.35. The normalized spacial score (nSPS) is 23.8. The lowest BCUT2D eigenvalue weighted by atomic mass is 10.1. The molecular formula is C12H24N2O3S. The summed E-state index contributed by atoms with van der Waals surface area (Å²) in [5, 5.41) is 0. The molecule has 0 saturated carbocycles. The molecule has 0 aromatic rings. The Hall–Kier alpha value is -0.620. The van der Waals surface area contributed by atoms with Crippen LogP contribution in [0.2, 0.25) is 0 Å². The summed E-state index contributed by atoms with van der Waals surface area (Å²) in [6, 6.07) is -0.684. The van der Waals surface area contributed by atoms with Crippen LogP contribution in [0.15, 0.2) is 0 Å². The van der Waals surface area contributed by atoms with Gasteiger partial charge in [0, 0.05) is 12.6 Å². The first-order valence-corrected chi connectivity index (χ1v) is 8.50. The topological polar surface area (TPSA) is 80.5 Å². The van der Waals surface area contributed by atoms with Gasteiger partial charge in [-0.05, 0) is 19.3 Å². The van der Waals surface area contributed by atoms with Crippen molar-refractivity contribution in [2.24, 2.45) is 5.73 Å². The number of hydrogen-bond donors (Lipinski definition) is 1. The van der Waals surface area contributed by atoms with Gasteiger partial charge in [0.25, 0.3) is 0 Å². The highest BCUT2D eigenvalue weighted by atomic mass is 32.2. The zero-order valence-electron chi connectivity index (χ0n) is 11.3. The summed E-state index contributed by atoms with van der Waals surface area (Å²) in [6.07, 6.45) is 3.00. The standard InChI is InChI=1S/C12H24N2O3S/c1-3-5-7-14(12(15)11(13)4-2)10-6-8-18(16,17)9-10/h10-11H,3-9,13H2,1-2H3. The third-order valence-corrected chi connectivity index (χ3v) is 5.19. The zero-order valence-corrected chi connectivity index (χ0v) is 12.1. The van der Waals surface area contributed by atoms with E-state index in [2.05, 4.69) is 0 Å². The van der Waals surface area contributed by atoms with Gasteiger partial charge in [0.05, 0.1) is 17.5 Å². The van der Waals surface area contributed by atoms with Crippen molar-refractivity contribution < 1.29 is 13.2 Å². The quantitative estimate of drug-likeness (QED) is 0.768. The first-order chi connectivity index (χ1) is 8.41. The molecule has 1 saturated heterocycles. The van der Waals surface area contributed by atoms with Gasteiger partial charge in [-0.2, -0.15) is 0 Å². The Kier molecular flexibility index (Phi) is 5.59. The van der Waals surface area contributed by atoms with E-state index in [1.54, 1.807) is 4.90 Å². The number of rotatable bonds is 6. The van der Waals surface area contributed by atoms with Crippen LogP contribution in [0.5, 0.6) is 0 Å². The van der Waals surface area contributed by atoms with E-state index in [9.17, 15) is 13.2 Å². The molecule has 0 aliphatic carbocycles. The molecular weight excluding hydrogens is 252 g/mol. The van der Waals surface area contributed by atoms with Crippen LogP contribution < -0.4 is 5.73 Å². The monoisotopic (exact) mass is 276 g/mol. The highest BCUT2D eigenvalue weighted by molar-refractivity contribution is 7.91. The van der Waals surface area contributed by atoms with Crippen molar-refractivity contribution in [2.75, 3.05) is 18.1 Å². The van der Waals surface area contributed by atoms with E-state index in [0.29, 0.717) is 19.4 Å². The predicted octanol–water partition coefficient (Wildman–Crippen LogP) is 0.540. The van der Waals surface area contributed by atoms with Crippen molar-refractivity contribution in [1.29, 1.82) is 0 Å². The van der Waals surface area contributed by atoms with E-state index >= 15 is 0 Å². The lowest BCUT2D eigenvalue weighted by molar-refractivity contribution is -0.134. The first kappa shape index (κ1) is 15.4. The average Bonchev–Trinajstić information content (AvgIpc) is 2.68. The molecule has 1 rings (SSSR count). The molecule has 0 radical (unpaired) electrons. The fourth-order valence-corrected chi connectivity index (χ4v) is 3.94. The van der Waals surface area contributed by atoms with E-state index < -0.39 is 15.9 Å². The van der Waals surface area contributed by atoms with Crippen molar-refractivity contribution in [3.63, 3.8) is 0 Å². The maximum atomic E-state index is 12.2. The summed E-state index contributed by atoms with van der Waals surface area (Å²) in [7, 11) is -2.97. The molecule has 18 heavy (non-hydrogen) atoms. The van der Waals surface area contributed by atoms with Crippen molar-refractivity contribution in [3.8, 4) is 0 Å². The van der Waals surface area contributed by atoms with E-state index in [-0.39, 0.29) is 23.5 Å². The van der Waals surface area contributed by atoms with E-state index in [1.807, 2.05) is 13.8 Å². The minimum Gasteiger partial charge on any atom is -0.337 e. The number of amides is 1. The molecule has 2 atom stereocenters. The van der Waals surface area contributed by atoms with Gasteiger partial charge < -0.3 is 10.6 Å². The van der Waals surface area contributed by atoms with Crippen LogP contribution >= 0.6 is 0 Å². The molecule has 0 bridgehead atoms. The second-order valence-corrected chi connectivity index (χ2v) is 7.19. The predicted molar refractivity (Wildman–Crippen MR) is 71.9 cm³/mol. The Morgan fingerprint density at radius 3 is 2.56 bits per heavy atom. The molecule has 1 aliphatic heterocycles. The van der Waals surface area contributed by atoms with Crippen LogP contribution in [-0.2, 0) is 14.6 Å². The molecule has 6 heteroatoms. The third kappa shape index (κ3) is 3.95. The van der Waals surface area contributed by atoms with Crippen molar-refractivity contribution >= 4 is 15.7 Å². The van der Waals surface area contributed by atoms with Crippen LogP contribution in [0, 0.1) is 0 Å². The molecule has 1 heterocycles. The second kappa shape index (κ2) is 6.52. The molecule has 1 aliphatic rings. The fourth-order valence-electron chi connectivity index (χ4n) is 2.21. The zero-order chi connectivity index (χ0) is 13.8. The number of unbranched alkanes of at least 4 members (excludes halogenated alkanes) is 1. The number of carbonyl (C=O) groups excluding carboxylic acids is 1. The number of sulfone groups is 1. The van der Waals surface area contributed by atoms with Crippen LogP contribution in [0.25, 0.3) is 0 Å². The van der Waals surface area contributed by atoms with Crippen LogP contribution in [0.3, 0.4) is 0 Å². The number of hydrogen-bond acceptors (Lipinski definition) is 4. The first-order valence-electron chi connectivity index (χ1n) is 6.67. The lowest BCUT2D eigenvalue weighted by Gasteiger charge is -2.30. The van der Waals surface area contributed by atoms with Crippen LogP contribution in [-0.4, -0.2) is 49.4 Å². The minimum absolute atomic E-state index is 0.0961. The molecule has 1 amide bonds. The largest absolute Gasteiger partial charge is 0.337 e. The summed E-state index contributed by atoms with van der Waals surface area (Å²) >= 11 is 0. The molecule has 106 valence electrons. The smallest absolute Gasteiger partial charge is 0.239 e. The average molecular weight is 276 g/mol. The van der Waals surface area contributed by atoms with E-state index in [4.69, 9.17) is 5.73 Å². The highest BCUT2D eigenvalue weighted by Crippen LogP contribution is 2.19. The minimum atomic E-state index is -2.97. The summed E-state index contributed by atoms with van der Waals surface area (Å²) < 4.78 is 23.0. The summed E-state index contributed by atoms with van der Waals surface area (Å²) in [4.78, 5) is 13.9. The van der Waals surface area contributed by atoms with E-state index in [0.717, 1.165) is 12.8 Å². The molecule has 0 aromatic heterocycles. The van der Waals surface area contributed by atoms with Crippen molar-refractivity contribution in [2.45, 2.75) is 51.6 Å². The number of nitrogens with two attached hydrogens (primary N) is 1. The van der Waals surface area contributed by atoms with Crippen molar-refractivity contribution in [3.05, 3.63) is 0 Å². The summed E-state index contributed by atoms with van der Waals surface area (Å²) in [5.41, 5.74) is 5.78. The van der Waals surface area contributed by atoms with Gasteiger partial charge in [0.15, 0.2) is 9.84 Å². The molecule has 2 N–H and O–H groups in total. The number of nitrogens with zero attached hydrogens (tertiary/aromatic N) is 1. The Morgan fingerprint density at radius 1 is 1.44 bits per heavy atom. The van der Waals surface area contributed by atoms with Crippen LogP contribution in [0.1, 0.15) is 39.5 Å². The molecule has 0 aromatic carbocycles. The maximum Gasteiger partial charge on any atom is 0.239 e. The van der Waals surface area contributed by atoms with Gasteiger partial charge >= 0.3 is 0 Å². The Morgan fingerprint density at radius 2 is 2.11 bits per heavy atom. The Bertz CT molecular complexity index is 381. The maximum absolute atomic E-state index is 12.2. The molecule has 5 nitrogen and oxygen atoms in total. The van der Waals surface area contributed by atoms with Gasteiger partial charge in [-0.25, -0.2) is 8.42 Å². The molecule has 1 fully saturated rings. The van der Waals surface area contributed by atoms with Gasteiger partial charge in [-0.3, -0.25) is 4.79 Å². The Labute approximate surface area is 110 Å². The van der Waals surface area contributed by atoms with Crippen molar-refractivity contribution in [1.82, 2.24) is 4.90 Å². The van der Waals surface area contributed by atoms with Gasteiger partial charge in [0.1, 0.15) is 0 Å².